The lowest BCUT2D eigenvalue weighted by atomic mass is 10.2. The number of aryl methyl sites for hydroxylation is 2. The summed E-state index contributed by atoms with van der Waals surface area (Å²) in [7, 11) is -3.17. The number of nitrogens with zero attached hydrogens (tertiary/aromatic N) is 1. The van der Waals surface area contributed by atoms with Gasteiger partial charge in [0.25, 0.3) is 0 Å². The number of benzene rings is 1. The van der Waals surface area contributed by atoms with Gasteiger partial charge in [-0.05, 0) is 38.1 Å². The molecule has 19 heavy (non-hydrogen) atoms. The van der Waals surface area contributed by atoms with Crippen molar-refractivity contribution in [3.8, 4) is 5.75 Å². The van der Waals surface area contributed by atoms with E-state index in [2.05, 4.69) is 5.16 Å². The highest BCUT2D eigenvalue weighted by Crippen LogP contribution is 2.19. The summed E-state index contributed by atoms with van der Waals surface area (Å²) < 4.78 is 33.3. The van der Waals surface area contributed by atoms with E-state index in [9.17, 15) is 8.42 Å². The molecule has 2 rings (SSSR count). The van der Waals surface area contributed by atoms with Gasteiger partial charge in [0.1, 0.15) is 18.1 Å². The Balaban J connectivity index is 2.09. The van der Waals surface area contributed by atoms with Gasteiger partial charge < -0.3 is 9.26 Å². The van der Waals surface area contributed by atoms with E-state index < -0.39 is 9.84 Å². The average Bonchev–Trinajstić information content (AvgIpc) is 2.66. The summed E-state index contributed by atoms with van der Waals surface area (Å²) in [5, 5.41) is 3.84. The van der Waals surface area contributed by atoms with Gasteiger partial charge in [-0.15, -0.1) is 0 Å². The summed E-state index contributed by atoms with van der Waals surface area (Å²) >= 11 is 0. The van der Waals surface area contributed by atoms with Crippen molar-refractivity contribution in [3.05, 3.63) is 41.3 Å². The highest BCUT2D eigenvalue weighted by atomic mass is 32.2. The number of sulfone groups is 1. The van der Waals surface area contributed by atoms with Crippen LogP contribution < -0.4 is 4.74 Å². The summed E-state index contributed by atoms with van der Waals surface area (Å²) in [4.78, 5) is 0.275. The molecule has 0 radical (unpaired) electrons. The first-order valence-electron chi connectivity index (χ1n) is 5.72. The fourth-order valence-corrected chi connectivity index (χ4v) is 2.28. The topological polar surface area (TPSA) is 69.4 Å². The predicted octanol–water partition coefficient (Wildman–Crippen LogP) is 2.27. The highest BCUT2D eigenvalue weighted by Gasteiger charge is 2.10. The van der Waals surface area contributed by atoms with Crippen molar-refractivity contribution < 1.29 is 17.7 Å². The minimum Gasteiger partial charge on any atom is -0.489 e. The van der Waals surface area contributed by atoms with Gasteiger partial charge in [-0.3, -0.25) is 0 Å². The van der Waals surface area contributed by atoms with Crippen molar-refractivity contribution in [2.45, 2.75) is 25.3 Å². The molecule has 0 aliphatic carbocycles. The Bertz CT molecular complexity index is 652. The van der Waals surface area contributed by atoms with Crippen LogP contribution in [0.5, 0.6) is 5.75 Å². The Kier molecular flexibility index (Phi) is 3.61. The summed E-state index contributed by atoms with van der Waals surface area (Å²) in [6, 6.07) is 6.32. The molecule has 0 fully saturated rings. The second-order valence-electron chi connectivity index (χ2n) is 4.33. The Labute approximate surface area is 112 Å². The van der Waals surface area contributed by atoms with Gasteiger partial charge in [-0.1, -0.05) is 5.16 Å². The SMILES string of the molecule is Cc1noc(C)c1COc1ccc(S(C)(=O)=O)cc1. The van der Waals surface area contributed by atoms with Crippen LogP contribution in [-0.2, 0) is 16.4 Å². The van der Waals surface area contributed by atoms with Gasteiger partial charge in [-0.25, -0.2) is 8.42 Å². The Morgan fingerprint density at radius 3 is 2.32 bits per heavy atom. The van der Waals surface area contributed by atoms with Crippen LogP contribution in [0.15, 0.2) is 33.7 Å². The fourth-order valence-electron chi connectivity index (χ4n) is 1.65. The molecule has 0 amide bonds. The van der Waals surface area contributed by atoms with Crippen molar-refractivity contribution in [1.29, 1.82) is 0 Å². The molecule has 0 saturated carbocycles. The average molecular weight is 281 g/mol. The molecule has 6 heteroatoms. The lowest BCUT2D eigenvalue weighted by Gasteiger charge is -2.06. The molecule has 2 aromatic rings. The molecule has 1 aromatic carbocycles. The third-order valence-electron chi connectivity index (χ3n) is 2.82. The fraction of sp³-hybridized carbons (Fsp3) is 0.308. The predicted molar refractivity (Wildman–Crippen MR) is 69.9 cm³/mol. The lowest BCUT2D eigenvalue weighted by molar-refractivity contribution is 0.301. The molecule has 0 saturated heterocycles. The van der Waals surface area contributed by atoms with Crippen molar-refractivity contribution in [1.82, 2.24) is 5.16 Å². The summed E-state index contributed by atoms with van der Waals surface area (Å²) in [5.74, 6) is 1.33. The number of aromatic nitrogens is 1. The lowest BCUT2D eigenvalue weighted by Crippen LogP contribution is -1.99. The highest BCUT2D eigenvalue weighted by molar-refractivity contribution is 7.90. The molecule has 0 aliphatic rings. The Hall–Kier alpha value is -1.82. The van der Waals surface area contributed by atoms with Crippen LogP contribution in [0.3, 0.4) is 0 Å². The van der Waals surface area contributed by atoms with Gasteiger partial charge in [0.15, 0.2) is 9.84 Å². The van der Waals surface area contributed by atoms with Crippen LogP contribution in [0.1, 0.15) is 17.0 Å². The number of ether oxygens (including phenoxy) is 1. The second-order valence-corrected chi connectivity index (χ2v) is 6.35. The van der Waals surface area contributed by atoms with E-state index in [4.69, 9.17) is 9.26 Å². The molecule has 1 aromatic heterocycles. The molecule has 5 nitrogen and oxygen atoms in total. The summed E-state index contributed by atoms with van der Waals surface area (Å²) in [6.07, 6.45) is 1.17. The first kappa shape index (κ1) is 13.6. The van der Waals surface area contributed by atoms with Crippen molar-refractivity contribution in [2.75, 3.05) is 6.26 Å². The molecular formula is C13H15NO4S. The van der Waals surface area contributed by atoms with Crippen LogP contribution in [0, 0.1) is 13.8 Å². The van der Waals surface area contributed by atoms with Gasteiger partial charge in [0, 0.05) is 6.26 Å². The zero-order chi connectivity index (χ0) is 14.0. The Morgan fingerprint density at radius 1 is 1.21 bits per heavy atom. The third-order valence-corrected chi connectivity index (χ3v) is 3.94. The normalized spacial score (nSPS) is 11.5. The number of hydrogen-bond acceptors (Lipinski definition) is 5. The molecular weight excluding hydrogens is 266 g/mol. The molecule has 102 valence electrons. The van der Waals surface area contributed by atoms with E-state index in [0.29, 0.717) is 12.4 Å². The third kappa shape index (κ3) is 3.14. The molecule has 0 unspecified atom stereocenters. The maximum absolute atomic E-state index is 11.3. The van der Waals surface area contributed by atoms with Crippen LogP contribution in [0.25, 0.3) is 0 Å². The van der Waals surface area contributed by atoms with Crippen molar-refractivity contribution in [2.24, 2.45) is 0 Å². The molecule has 0 bridgehead atoms. The van der Waals surface area contributed by atoms with E-state index in [1.165, 1.54) is 18.4 Å². The minimum absolute atomic E-state index is 0.275. The van der Waals surface area contributed by atoms with E-state index in [0.717, 1.165) is 17.0 Å². The smallest absolute Gasteiger partial charge is 0.175 e. The standard InChI is InChI=1S/C13H15NO4S/c1-9-13(10(2)18-14-9)8-17-11-4-6-12(7-5-11)19(3,15)16/h4-7H,8H2,1-3H3. The monoisotopic (exact) mass is 281 g/mol. The van der Waals surface area contributed by atoms with Crippen LogP contribution >= 0.6 is 0 Å². The van der Waals surface area contributed by atoms with Crippen LogP contribution in [-0.4, -0.2) is 19.8 Å². The first-order chi connectivity index (χ1) is 8.88. The maximum Gasteiger partial charge on any atom is 0.175 e. The second kappa shape index (κ2) is 5.05. The summed E-state index contributed by atoms with van der Waals surface area (Å²) in [6.45, 7) is 4.02. The molecule has 0 aliphatic heterocycles. The molecule has 0 atom stereocenters. The molecule has 1 heterocycles. The Morgan fingerprint density at radius 2 is 1.84 bits per heavy atom. The molecule has 0 N–H and O–H groups in total. The number of hydrogen-bond donors (Lipinski definition) is 0. The first-order valence-corrected chi connectivity index (χ1v) is 7.62. The van der Waals surface area contributed by atoms with E-state index in [1.54, 1.807) is 12.1 Å². The van der Waals surface area contributed by atoms with Gasteiger partial charge in [0.2, 0.25) is 0 Å². The van der Waals surface area contributed by atoms with Crippen molar-refractivity contribution in [3.63, 3.8) is 0 Å². The van der Waals surface area contributed by atoms with E-state index in [-0.39, 0.29) is 4.90 Å². The quantitative estimate of drug-likeness (QED) is 0.860. The van der Waals surface area contributed by atoms with E-state index >= 15 is 0 Å². The van der Waals surface area contributed by atoms with Gasteiger partial charge in [0.05, 0.1) is 16.2 Å². The molecule has 0 spiro atoms. The largest absolute Gasteiger partial charge is 0.489 e. The van der Waals surface area contributed by atoms with Gasteiger partial charge in [-0.2, -0.15) is 0 Å². The van der Waals surface area contributed by atoms with Crippen LogP contribution in [0.4, 0.5) is 0 Å². The minimum atomic E-state index is -3.17. The van der Waals surface area contributed by atoms with Crippen LogP contribution in [0.2, 0.25) is 0 Å². The van der Waals surface area contributed by atoms with Gasteiger partial charge >= 0.3 is 0 Å². The van der Waals surface area contributed by atoms with Crippen molar-refractivity contribution >= 4 is 9.84 Å². The zero-order valence-corrected chi connectivity index (χ0v) is 11.8. The van der Waals surface area contributed by atoms with E-state index in [1.807, 2.05) is 13.8 Å². The maximum atomic E-state index is 11.3. The number of rotatable bonds is 4. The zero-order valence-electron chi connectivity index (χ0n) is 11.0. The summed E-state index contributed by atoms with van der Waals surface area (Å²) in [5.41, 5.74) is 1.71.